The van der Waals surface area contributed by atoms with Crippen LogP contribution in [0.4, 0.5) is 0 Å². The molecule has 6 heteroatoms. The number of benzene rings is 2. The Morgan fingerprint density at radius 3 is 2.33 bits per heavy atom. The van der Waals surface area contributed by atoms with Gasteiger partial charge in [0.2, 0.25) is 5.91 Å². The molecule has 2 fully saturated rings. The molecule has 0 aromatic heterocycles. The number of halogens is 1. The minimum atomic E-state index is 0.0730. The first-order valence-electron chi connectivity index (χ1n) is 10.7. The van der Waals surface area contributed by atoms with Gasteiger partial charge in [0.1, 0.15) is 0 Å². The maximum Gasteiger partial charge on any atom is 0.253 e. The van der Waals surface area contributed by atoms with Crippen LogP contribution in [-0.4, -0.2) is 59.2 Å². The average Bonchev–Trinajstić information content (AvgIpc) is 3.18. The van der Waals surface area contributed by atoms with Gasteiger partial charge in [-0.2, -0.15) is 0 Å². The molecule has 2 aliphatic rings. The van der Waals surface area contributed by atoms with Gasteiger partial charge in [-0.1, -0.05) is 41.9 Å². The molecule has 2 aliphatic heterocycles. The summed E-state index contributed by atoms with van der Waals surface area (Å²) in [7, 11) is 0. The summed E-state index contributed by atoms with van der Waals surface area (Å²) in [5.74, 6) is 0.294. The monoisotopic (exact) mass is 425 g/mol. The van der Waals surface area contributed by atoms with E-state index in [4.69, 9.17) is 11.6 Å². The van der Waals surface area contributed by atoms with Crippen LogP contribution in [-0.2, 0) is 11.3 Å². The average molecular weight is 426 g/mol. The van der Waals surface area contributed by atoms with Crippen LogP contribution in [0, 0.1) is 0 Å². The van der Waals surface area contributed by atoms with Crippen molar-refractivity contribution in [1.82, 2.24) is 14.7 Å². The molecule has 2 amide bonds. The van der Waals surface area contributed by atoms with Crippen molar-refractivity contribution in [1.29, 1.82) is 0 Å². The van der Waals surface area contributed by atoms with Crippen LogP contribution in [0.25, 0.3) is 0 Å². The summed E-state index contributed by atoms with van der Waals surface area (Å²) in [4.78, 5) is 30.9. The number of nitrogens with zero attached hydrogens (tertiary/aromatic N) is 3. The van der Waals surface area contributed by atoms with Crippen molar-refractivity contribution >= 4 is 23.4 Å². The van der Waals surface area contributed by atoms with Gasteiger partial charge in [-0.15, -0.1) is 0 Å². The zero-order valence-corrected chi connectivity index (χ0v) is 18.1. The number of hydrogen-bond donors (Lipinski definition) is 0. The third-order valence-electron chi connectivity index (χ3n) is 6.25. The van der Waals surface area contributed by atoms with Gasteiger partial charge in [0.25, 0.3) is 5.91 Å². The third-order valence-corrected chi connectivity index (χ3v) is 6.59. The summed E-state index contributed by atoms with van der Waals surface area (Å²) in [5, 5.41) is 0.791. The van der Waals surface area contributed by atoms with Crippen molar-refractivity contribution in [2.75, 3.05) is 32.7 Å². The molecule has 0 aliphatic carbocycles. The molecule has 0 N–H and O–H groups in total. The van der Waals surface area contributed by atoms with Gasteiger partial charge in [-0.05, 0) is 42.7 Å². The second-order valence-corrected chi connectivity index (χ2v) is 8.55. The molecule has 1 atom stereocenters. The fraction of sp³-hybridized carbons (Fsp3) is 0.417. The van der Waals surface area contributed by atoms with E-state index in [1.54, 1.807) is 0 Å². The number of carbonyl (C=O) groups is 2. The molecule has 0 bridgehead atoms. The summed E-state index contributed by atoms with van der Waals surface area (Å²) < 4.78 is 0. The topological polar surface area (TPSA) is 43.9 Å². The SMILES string of the molecule is CC(c1ccccc1Cl)N1CCN(C(=O)c2ccc(CN3CCCC3=O)cc2)CC1. The Morgan fingerprint density at radius 2 is 1.70 bits per heavy atom. The van der Waals surface area contributed by atoms with Crippen molar-refractivity contribution in [3.63, 3.8) is 0 Å². The zero-order chi connectivity index (χ0) is 21.1. The molecule has 2 aromatic carbocycles. The predicted octanol–water partition coefficient (Wildman–Crippen LogP) is 3.98. The maximum atomic E-state index is 12.9. The highest BCUT2D eigenvalue weighted by Gasteiger charge is 2.26. The van der Waals surface area contributed by atoms with Crippen LogP contribution in [0.15, 0.2) is 48.5 Å². The summed E-state index contributed by atoms with van der Waals surface area (Å²) in [6.45, 7) is 6.70. The Bertz CT molecular complexity index is 907. The Hall–Kier alpha value is -2.37. The summed E-state index contributed by atoms with van der Waals surface area (Å²) >= 11 is 6.36. The maximum absolute atomic E-state index is 12.9. The molecule has 0 radical (unpaired) electrons. The number of likely N-dealkylation sites (tertiary alicyclic amines) is 1. The normalized spacial score (nSPS) is 18.7. The van der Waals surface area contributed by atoms with Crippen LogP contribution >= 0.6 is 11.6 Å². The Labute approximate surface area is 183 Å². The molecule has 2 heterocycles. The van der Waals surface area contributed by atoms with Crippen molar-refractivity contribution in [2.24, 2.45) is 0 Å². The predicted molar refractivity (Wildman–Crippen MR) is 118 cm³/mol. The van der Waals surface area contributed by atoms with Crippen molar-refractivity contribution in [3.8, 4) is 0 Å². The van der Waals surface area contributed by atoms with E-state index in [0.29, 0.717) is 31.6 Å². The van der Waals surface area contributed by atoms with Crippen molar-refractivity contribution in [3.05, 3.63) is 70.2 Å². The highest BCUT2D eigenvalue weighted by molar-refractivity contribution is 6.31. The molecule has 30 heavy (non-hydrogen) atoms. The Balaban J connectivity index is 1.33. The summed E-state index contributed by atoms with van der Waals surface area (Å²) in [5.41, 5.74) is 2.91. The quantitative estimate of drug-likeness (QED) is 0.727. The zero-order valence-electron chi connectivity index (χ0n) is 17.4. The number of hydrogen-bond acceptors (Lipinski definition) is 3. The minimum absolute atomic E-state index is 0.0730. The molecule has 4 rings (SSSR count). The molecule has 1 unspecified atom stereocenters. The second kappa shape index (κ2) is 9.19. The smallest absolute Gasteiger partial charge is 0.253 e. The van der Waals surface area contributed by atoms with Gasteiger partial charge < -0.3 is 9.80 Å². The fourth-order valence-electron chi connectivity index (χ4n) is 4.35. The van der Waals surface area contributed by atoms with Crippen LogP contribution in [0.1, 0.15) is 47.3 Å². The number of carbonyl (C=O) groups excluding carboxylic acids is 2. The van der Waals surface area contributed by atoms with Crippen LogP contribution in [0.2, 0.25) is 5.02 Å². The van der Waals surface area contributed by atoms with Gasteiger partial charge in [0.15, 0.2) is 0 Å². The highest BCUT2D eigenvalue weighted by Crippen LogP contribution is 2.28. The van der Waals surface area contributed by atoms with Crippen LogP contribution in [0.5, 0.6) is 0 Å². The van der Waals surface area contributed by atoms with Crippen LogP contribution in [0.3, 0.4) is 0 Å². The molecular formula is C24H28ClN3O2. The van der Waals surface area contributed by atoms with E-state index in [1.165, 1.54) is 0 Å². The van der Waals surface area contributed by atoms with Gasteiger partial charge in [0.05, 0.1) is 0 Å². The number of piperazine rings is 1. The van der Waals surface area contributed by atoms with Gasteiger partial charge in [0, 0.05) is 62.3 Å². The minimum Gasteiger partial charge on any atom is -0.338 e. The van der Waals surface area contributed by atoms with E-state index in [-0.39, 0.29) is 17.9 Å². The van der Waals surface area contributed by atoms with E-state index in [9.17, 15) is 9.59 Å². The van der Waals surface area contributed by atoms with E-state index in [0.717, 1.165) is 42.2 Å². The molecular weight excluding hydrogens is 398 g/mol. The van der Waals surface area contributed by atoms with Crippen molar-refractivity contribution < 1.29 is 9.59 Å². The van der Waals surface area contributed by atoms with Gasteiger partial charge in [-0.3, -0.25) is 14.5 Å². The second-order valence-electron chi connectivity index (χ2n) is 8.14. The van der Waals surface area contributed by atoms with E-state index < -0.39 is 0 Å². The van der Waals surface area contributed by atoms with Crippen LogP contribution < -0.4 is 0 Å². The third kappa shape index (κ3) is 4.52. The molecule has 2 aromatic rings. The molecule has 158 valence electrons. The van der Waals surface area contributed by atoms with E-state index in [1.807, 2.05) is 52.3 Å². The Kier molecular flexibility index (Phi) is 6.40. The van der Waals surface area contributed by atoms with Gasteiger partial charge in [-0.25, -0.2) is 0 Å². The summed E-state index contributed by atoms with van der Waals surface area (Å²) in [6.07, 6.45) is 1.59. The standard InChI is InChI=1S/C24H28ClN3O2/c1-18(21-5-2-3-6-22(21)25)26-13-15-27(16-14-26)24(30)20-10-8-19(9-11-20)17-28-12-4-7-23(28)29/h2-3,5-6,8-11,18H,4,7,12-17H2,1H3. The lowest BCUT2D eigenvalue weighted by Gasteiger charge is -2.38. The van der Waals surface area contributed by atoms with E-state index in [2.05, 4.69) is 17.9 Å². The molecule has 2 saturated heterocycles. The fourth-order valence-corrected chi connectivity index (χ4v) is 4.64. The summed E-state index contributed by atoms with van der Waals surface area (Å²) in [6, 6.07) is 15.9. The number of amides is 2. The first-order chi connectivity index (χ1) is 14.5. The first kappa shape index (κ1) is 20.9. The lowest BCUT2D eigenvalue weighted by Crippen LogP contribution is -2.49. The lowest BCUT2D eigenvalue weighted by molar-refractivity contribution is -0.128. The van der Waals surface area contributed by atoms with Crippen molar-refractivity contribution in [2.45, 2.75) is 32.4 Å². The number of rotatable bonds is 5. The molecule has 0 saturated carbocycles. The molecule has 5 nitrogen and oxygen atoms in total. The highest BCUT2D eigenvalue weighted by atomic mass is 35.5. The molecule has 0 spiro atoms. The van der Waals surface area contributed by atoms with E-state index >= 15 is 0 Å². The lowest BCUT2D eigenvalue weighted by atomic mass is 10.1. The largest absolute Gasteiger partial charge is 0.338 e. The van der Waals surface area contributed by atoms with Gasteiger partial charge >= 0.3 is 0 Å². The Morgan fingerprint density at radius 1 is 1.00 bits per heavy atom. The first-order valence-corrected chi connectivity index (χ1v) is 11.0.